The van der Waals surface area contributed by atoms with Gasteiger partial charge in [0.2, 0.25) is 0 Å². The van der Waals surface area contributed by atoms with E-state index in [-0.39, 0.29) is 6.04 Å². The van der Waals surface area contributed by atoms with E-state index >= 15 is 0 Å². The summed E-state index contributed by atoms with van der Waals surface area (Å²) in [7, 11) is 1.86. The average Bonchev–Trinajstić information content (AvgIpc) is 3.34. The summed E-state index contributed by atoms with van der Waals surface area (Å²) < 4.78 is 3.60. The maximum atomic E-state index is 6.07. The van der Waals surface area contributed by atoms with Crippen molar-refractivity contribution >= 4 is 0 Å². The van der Waals surface area contributed by atoms with Crippen molar-refractivity contribution in [3.63, 3.8) is 0 Å². The summed E-state index contributed by atoms with van der Waals surface area (Å²) in [4.78, 5) is 2.18. The van der Waals surface area contributed by atoms with E-state index in [1.807, 2.05) is 38.0 Å². The Kier molecular flexibility index (Phi) is 10.4. The van der Waals surface area contributed by atoms with Crippen LogP contribution in [0.15, 0.2) is 24.3 Å². The molecule has 0 spiro atoms. The molecule has 0 saturated heterocycles. The standard InChI is InChI=1S/C19H38N12/c1-5-6-7-30-13-18(24-27-30)9-23-15-29(12-19-11-28(4)26-25-19)14-22-8-17(20)10-31(21)16(2)3/h10-11,13,16,22-23H,5-9,12,14-15,20-21H2,1-4H3/b17-10-. The third-order valence-corrected chi connectivity index (χ3v) is 4.58. The quantitative estimate of drug-likeness (QED) is 0.167. The molecule has 12 heteroatoms. The van der Waals surface area contributed by atoms with Gasteiger partial charge in [-0.2, -0.15) is 0 Å². The maximum Gasteiger partial charge on any atom is 0.0967 e. The lowest BCUT2D eigenvalue weighted by Crippen LogP contribution is -2.41. The van der Waals surface area contributed by atoms with Gasteiger partial charge in [0.25, 0.3) is 0 Å². The Morgan fingerprint density at radius 3 is 2.58 bits per heavy atom. The van der Waals surface area contributed by atoms with Gasteiger partial charge in [0, 0.05) is 76.9 Å². The molecule has 0 radical (unpaired) electrons. The van der Waals surface area contributed by atoms with Gasteiger partial charge in [-0.05, 0) is 20.3 Å². The molecule has 0 aliphatic carbocycles. The first-order valence-electron chi connectivity index (χ1n) is 10.7. The second-order valence-electron chi connectivity index (χ2n) is 7.95. The molecule has 174 valence electrons. The summed E-state index contributed by atoms with van der Waals surface area (Å²) >= 11 is 0. The molecule has 0 unspecified atom stereocenters. The monoisotopic (exact) mass is 434 g/mol. The topological polar surface area (TPSA) is 144 Å². The number of aryl methyl sites for hydroxylation is 2. The minimum absolute atomic E-state index is 0.191. The van der Waals surface area contributed by atoms with Crippen molar-refractivity contribution in [2.45, 2.75) is 59.3 Å². The van der Waals surface area contributed by atoms with Crippen molar-refractivity contribution in [3.8, 4) is 0 Å². The number of unbranched alkanes of at least 4 members (excludes halogenated alkanes) is 1. The molecule has 12 nitrogen and oxygen atoms in total. The molecule has 0 aromatic carbocycles. The van der Waals surface area contributed by atoms with Gasteiger partial charge in [-0.3, -0.25) is 24.9 Å². The molecular formula is C19H38N12. The number of hydrazine groups is 1. The summed E-state index contributed by atoms with van der Waals surface area (Å²) in [6, 6.07) is 0.191. The van der Waals surface area contributed by atoms with Gasteiger partial charge in [-0.25, -0.2) is 5.84 Å². The highest BCUT2D eigenvalue weighted by atomic mass is 15.4. The fourth-order valence-corrected chi connectivity index (χ4v) is 2.80. The lowest BCUT2D eigenvalue weighted by atomic mass is 10.3. The van der Waals surface area contributed by atoms with Gasteiger partial charge in [0.1, 0.15) is 0 Å². The molecule has 0 fully saturated rings. The number of hydrogen-bond acceptors (Lipinski definition) is 10. The van der Waals surface area contributed by atoms with Crippen LogP contribution in [0, 0.1) is 0 Å². The van der Waals surface area contributed by atoms with Gasteiger partial charge in [0.05, 0.1) is 11.4 Å². The number of aromatic nitrogens is 6. The van der Waals surface area contributed by atoms with Gasteiger partial charge in [-0.1, -0.05) is 23.8 Å². The van der Waals surface area contributed by atoms with E-state index in [1.165, 1.54) is 0 Å². The Hall–Kier alpha value is -2.54. The number of nitrogens with zero attached hydrogens (tertiary/aromatic N) is 8. The second kappa shape index (κ2) is 13.0. The molecule has 0 amide bonds. The lowest BCUT2D eigenvalue weighted by Gasteiger charge is -2.23. The molecule has 0 aliphatic rings. The SMILES string of the molecule is CCCCn1cc(CNCN(CNC/C(N)=C/N(N)C(C)C)Cc2cn(C)nn2)nn1. The number of rotatable bonds is 15. The van der Waals surface area contributed by atoms with Gasteiger partial charge in [-0.15, -0.1) is 10.2 Å². The van der Waals surface area contributed by atoms with Crippen molar-refractivity contribution in [1.29, 1.82) is 0 Å². The van der Waals surface area contributed by atoms with E-state index in [4.69, 9.17) is 11.6 Å². The fourth-order valence-electron chi connectivity index (χ4n) is 2.80. The Morgan fingerprint density at radius 1 is 1.16 bits per heavy atom. The molecule has 0 saturated carbocycles. The molecule has 31 heavy (non-hydrogen) atoms. The van der Waals surface area contributed by atoms with Crippen LogP contribution in [0.3, 0.4) is 0 Å². The van der Waals surface area contributed by atoms with Crippen LogP contribution in [-0.2, 0) is 26.7 Å². The van der Waals surface area contributed by atoms with E-state index in [0.717, 1.165) is 30.8 Å². The first-order valence-corrected chi connectivity index (χ1v) is 10.7. The first-order chi connectivity index (χ1) is 14.9. The smallest absolute Gasteiger partial charge is 0.0967 e. The zero-order valence-electron chi connectivity index (χ0n) is 19.2. The van der Waals surface area contributed by atoms with Crippen molar-refractivity contribution in [2.24, 2.45) is 18.6 Å². The minimum Gasteiger partial charge on any atom is -0.400 e. The Balaban J connectivity index is 1.84. The number of hydrogen-bond donors (Lipinski definition) is 4. The van der Waals surface area contributed by atoms with Gasteiger partial charge in [0.15, 0.2) is 0 Å². The van der Waals surface area contributed by atoms with Crippen molar-refractivity contribution in [3.05, 3.63) is 35.7 Å². The third kappa shape index (κ3) is 9.42. The van der Waals surface area contributed by atoms with E-state index in [2.05, 4.69) is 43.1 Å². The zero-order valence-corrected chi connectivity index (χ0v) is 19.2. The van der Waals surface area contributed by atoms with E-state index in [0.29, 0.717) is 38.7 Å². The highest BCUT2D eigenvalue weighted by molar-refractivity contribution is 4.98. The number of nitrogens with two attached hydrogens (primary N) is 2. The van der Waals surface area contributed by atoms with Gasteiger partial charge >= 0.3 is 0 Å². The van der Waals surface area contributed by atoms with Crippen LogP contribution < -0.4 is 22.2 Å². The summed E-state index contributed by atoms with van der Waals surface area (Å²) in [5.41, 5.74) is 8.56. The van der Waals surface area contributed by atoms with E-state index in [9.17, 15) is 0 Å². The third-order valence-electron chi connectivity index (χ3n) is 4.58. The average molecular weight is 435 g/mol. The molecule has 2 aromatic heterocycles. The molecule has 0 atom stereocenters. The van der Waals surface area contributed by atoms with Crippen LogP contribution in [-0.4, -0.2) is 65.8 Å². The van der Waals surface area contributed by atoms with Crippen LogP contribution >= 0.6 is 0 Å². The first kappa shape index (κ1) is 24.7. The van der Waals surface area contributed by atoms with Crippen molar-refractivity contribution in [1.82, 2.24) is 50.5 Å². The summed E-state index contributed by atoms with van der Waals surface area (Å²) in [5.74, 6) is 5.90. The van der Waals surface area contributed by atoms with E-state index in [1.54, 1.807) is 15.9 Å². The molecule has 2 aromatic rings. The molecule has 6 N–H and O–H groups in total. The maximum absolute atomic E-state index is 6.07. The Bertz CT molecular complexity index is 780. The zero-order chi connectivity index (χ0) is 22.6. The van der Waals surface area contributed by atoms with Crippen LogP contribution in [0.1, 0.15) is 45.0 Å². The van der Waals surface area contributed by atoms with Crippen molar-refractivity contribution in [2.75, 3.05) is 19.9 Å². The fraction of sp³-hybridized carbons (Fsp3) is 0.684. The second-order valence-corrected chi connectivity index (χ2v) is 7.95. The largest absolute Gasteiger partial charge is 0.400 e. The molecule has 0 aliphatic heterocycles. The Morgan fingerprint density at radius 2 is 1.90 bits per heavy atom. The molecular weight excluding hydrogens is 396 g/mol. The van der Waals surface area contributed by atoms with Crippen LogP contribution in [0.2, 0.25) is 0 Å². The summed E-state index contributed by atoms with van der Waals surface area (Å²) in [5, 5.41) is 25.0. The van der Waals surface area contributed by atoms with Crippen LogP contribution in [0.4, 0.5) is 0 Å². The predicted molar refractivity (Wildman–Crippen MR) is 119 cm³/mol. The Labute approximate surface area is 184 Å². The molecule has 2 heterocycles. The lowest BCUT2D eigenvalue weighted by molar-refractivity contribution is 0.224. The molecule has 0 bridgehead atoms. The highest BCUT2D eigenvalue weighted by Crippen LogP contribution is 2.00. The van der Waals surface area contributed by atoms with Crippen LogP contribution in [0.5, 0.6) is 0 Å². The van der Waals surface area contributed by atoms with Gasteiger partial charge < -0.3 is 10.7 Å². The van der Waals surface area contributed by atoms with E-state index < -0.39 is 0 Å². The minimum atomic E-state index is 0.191. The normalized spacial score (nSPS) is 12.3. The molecule has 2 rings (SSSR count). The summed E-state index contributed by atoms with van der Waals surface area (Å²) in [6.07, 6.45) is 7.90. The number of nitrogens with one attached hydrogen (secondary N) is 2. The predicted octanol–water partition coefficient (Wildman–Crippen LogP) is -0.313. The highest BCUT2D eigenvalue weighted by Gasteiger charge is 2.10. The summed E-state index contributed by atoms with van der Waals surface area (Å²) in [6.45, 7) is 10.2. The van der Waals surface area contributed by atoms with Crippen LogP contribution in [0.25, 0.3) is 0 Å². The van der Waals surface area contributed by atoms with Crippen molar-refractivity contribution < 1.29 is 0 Å².